The lowest BCUT2D eigenvalue weighted by Crippen LogP contribution is -2.36. The zero-order valence-electron chi connectivity index (χ0n) is 14.7. The van der Waals surface area contributed by atoms with Gasteiger partial charge in [0.15, 0.2) is 0 Å². The Kier molecular flexibility index (Phi) is 5.79. The molecular weight excluding hydrogens is 314 g/mol. The Morgan fingerprint density at radius 1 is 1.20 bits per heavy atom. The van der Waals surface area contributed by atoms with Crippen LogP contribution >= 0.6 is 0 Å². The number of nitrogens with one attached hydrogen (secondary N) is 2. The molecule has 5 nitrogen and oxygen atoms in total. The minimum Gasteiger partial charge on any atom is -0.383 e. The number of carbonyl (C=O) groups is 1. The van der Waals surface area contributed by atoms with Crippen LogP contribution in [-0.4, -0.2) is 30.6 Å². The normalized spacial score (nSPS) is 16.2. The lowest BCUT2D eigenvalue weighted by molar-refractivity contribution is 0.102. The average molecular weight is 339 g/mol. The molecule has 3 rings (SSSR count). The van der Waals surface area contributed by atoms with Crippen molar-refractivity contribution in [3.8, 4) is 0 Å². The molecule has 1 amide bonds. The molecule has 1 heterocycles. The molecule has 1 aromatic carbocycles. The predicted molar refractivity (Wildman–Crippen MR) is 98.6 cm³/mol. The summed E-state index contributed by atoms with van der Waals surface area (Å²) in [4.78, 5) is 16.1. The summed E-state index contributed by atoms with van der Waals surface area (Å²) in [5.74, 6) is 0.608. The van der Waals surface area contributed by atoms with E-state index in [9.17, 15) is 4.79 Å². The highest BCUT2D eigenvalue weighted by Crippen LogP contribution is 2.34. The number of carbonyl (C=O) groups excluding carboxylic acids is 1. The largest absolute Gasteiger partial charge is 0.383 e. The lowest BCUT2D eigenvalue weighted by Gasteiger charge is -2.23. The summed E-state index contributed by atoms with van der Waals surface area (Å²) in [7, 11) is 1.75. The molecule has 1 aromatic heterocycles. The Morgan fingerprint density at radius 2 is 1.88 bits per heavy atom. The molecule has 1 fully saturated rings. The van der Waals surface area contributed by atoms with Gasteiger partial charge in [0.2, 0.25) is 0 Å². The third-order valence-corrected chi connectivity index (χ3v) is 4.61. The number of rotatable bonds is 8. The second-order valence-corrected chi connectivity index (χ2v) is 6.60. The van der Waals surface area contributed by atoms with Crippen molar-refractivity contribution in [3.05, 3.63) is 59.9 Å². The third kappa shape index (κ3) is 4.87. The summed E-state index contributed by atoms with van der Waals surface area (Å²) in [5, 5.41) is 6.57. The fourth-order valence-electron chi connectivity index (χ4n) is 2.98. The Bertz CT molecular complexity index is 684. The minimum atomic E-state index is -0.129. The Morgan fingerprint density at radius 3 is 2.48 bits per heavy atom. The summed E-state index contributed by atoms with van der Waals surface area (Å²) in [6, 6.07) is 12.0. The van der Waals surface area contributed by atoms with Gasteiger partial charge < -0.3 is 15.4 Å². The molecule has 0 aliphatic heterocycles. The number of hydrogen-bond donors (Lipinski definition) is 2. The molecular formula is C20H25N3O2. The Labute approximate surface area is 148 Å². The van der Waals surface area contributed by atoms with Crippen LogP contribution in [0.25, 0.3) is 0 Å². The quantitative estimate of drug-likeness (QED) is 0.774. The van der Waals surface area contributed by atoms with Crippen LogP contribution in [0.3, 0.4) is 0 Å². The van der Waals surface area contributed by atoms with E-state index in [0.717, 1.165) is 18.2 Å². The fourth-order valence-corrected chi connectivity index (χ4v) is 2.98. The first kappa shape index (κ1) is 17.6. The third-order valence-electron chi connectivity index (χ3n) is 4.61. The zero-order valence-corrected chi connectivity index (χ0v) is 14.7. The summed E-state index contributed by atoms with van der Waals surface area (Å²) >= 11 is 0. The van der Waals surface area contributed by atoms with Crippen molar-refractivity contribution in [2.24, 2.45) is 5.92 Å². The van der Waals surface area contributed by atoms with Gasteiger partial charge >= 0.3 is 0 Å². The highest BCUT2D eigenvalue weighted by molar-refractivity contribution is 6.04. The van der Waals surface area contributed by atoms with Crippen molar-refractivity contribution < 1.29 is 9.53 Å². The van der Waals surface area contributed by atoms with Crippen molar-refractivity contribution in [2.45, 2.75) is 31.8 Å². The monoisotopic (exact) mass is 339 g/mol. The van der Waals surface area contributed by atoms with Crippen LogP contribution in [0.2, 0.25) is 0 Å². The number of hydrogen-bond acceptors (Lipinski definition) is 4. The van der Waals surface area contributed by atoms with Crippen molar-refractivity contribution in [3.63, 3.8) is 0 Å². The van der Waals surface area contributed by atoms with Gasteiger partial charge in [0.1, 0.15) is 0 Å². The lowest BCUT2D eigenvalue weighted by atomic mass is 10.1. The van der Waals surface area contributed by atoms with E-state index in [2.05, 4.69) is 34.7 Å². The number of methoxy groups -OCH3 is 1. The molecule has 1 aliphatic rings. The maximum absolute atomic E-state index is 12.2. The minimum absolute atomic E-state index is 0.129. The first-order valence-corrected chi connectivity index (χ1v) is 8.73. The molecule has 0 saturated heterocycles. The van der Waals surface area contributed by atoms with Gasteiger partial charge in [-0.15, -0.1) is 0 Å². The molecule has 1 saturated carbocycles. The van der Waals surface area contributed by atoms with Gasteiger partial charge in [-0.25, -0.2) is 0 Å². The highest BCUT2D eigenvalue weighted by atomic mass is 16.5. The molecule has 132 valence electrons. The molecule has 0 bridgehead atoms. The highest BCUT2D eigenvalue weighted by Gasteiger charge is 2.31. The van der Waals surface area contributed by atoms with Crippen molar-refractivity contribution >= 4 is 11.6 Å². The number of nitrogens with zero attached hydrogens (tertiary/aromatic N) is 1. The van der Waals surface area contributed by atoms with E-state index in [4.69, 9.17) is 4.74 Å². The van der Waals surface area contributed by atoms with Crippen LogP contribution in [0.1, 0.15) is 41.7 Å². The van der Waals surface area contributed by atoms with Crippen molar-refractivity contribution in [2.75, 3.05) is 19.0 Å². The van der Waals surface area contributed by atoms with Gasteiger partial charge in [0.25, 0.3) is 5.91 Å². The van der Waals surface area contributed by atoms with Crippen LogP contribution in [-0.2, 0) is 4.74 Å². The van der Waals surface area contributed by atoms with Gasteiger partial charge in [0.05, 0.1) is 6.61 Å². The molecule has 2 atom stereocenters. The molecule has 5 heteroatoms. The van der Waals surface area contributed by atoms with Crippen LogP contribution in [0.5, 0.6) is 0 Å². The second-order valence-electron chi connectivity index (χ2n) is 6.60. The van der Waals surface area contributed by atoms with E-state index in [-0.39, 0.29) is 11.9 Å². The van der Waals surface area contributed by atoms with Crippen LogP contribution in [0, 0.1) is 5.92 Å². The summed E-state index contributed by atoms with van der Waals surface area (Å²) in [6.07, 6.45) is 5.80. The number of benzene rings is 1. The molecule has 2 N–H and O–H groups in total. The van der Waals surface area contributed by atoms with Crippen LogP contribution in [0.15, 0.2) is 48.8 Å². The Balaban J connectivity index is 1.58. The number of amides is 1. The van der Waals surface area contributed by atoms with E-state index in [1.165, 1.54) is 18.4 Å². The predicted octanol–water partition coefficient (Wildman–Crippen LogP) is 3.41. The molecule has 0 spiro atoms. The van der Waals surface area contributed by atoms with Crippen molar-refractivity contribution in [1.82, 2.24) is 10.3 Å². The SMILES string of the molecule is COCC(NC(C)c1ccc(NC(=O)c2ccncc2)cc1)C1CC1. The van der Waals surface area contributed by atoms with E-state index in [1.807, 2.05) is 12.1 Å². The topological polar surface area (TPSA) is 63.2 Å². The molecule has 2 unspecified atom stereocenters. The van der Waals surface area contributed by atoms with Crippen molar-refractivity contribution in [1.29, 1.82) is 0 Å². The van der Waals surface area contributed by atoms with E-state index in [1.54, 1.807) is 31.6 Å². The van der Waals surface area contributed by atoms with Gasteiger partial charge in [-0.2, -0.15) is 0 Å². The number of aromatic nitrogens is 1. The van der Waals surface area contributed by atoms with E-state index >= 15 is 0 Å². The zero-order chi connectivity index (χ0) is 17.6. The van der Waals surface area contributed by atoms with Gasteiger partial charge in [0, 0.05) is 42.8 Å². The smallest absolute Gasteiger partial charge is 0.255 e. The summed E-state index contributed by atoms with van der Waals surface area (Å²) in [5.41, 5.74) is 2.58. The first-order valence-electron chi connectivity index (χ1n) is 8.73. The number of ether oxygens (including phenoxy) is 1. The molecule has 25 heavy (non-hydrogen) atoms. The first-order chi connectivity index (χ1) is 12.2. The van der Waals surface area contributed by atoms with Crippen LogP contribution < -0.4 is 10.6 Å². The van der Waals surface area contributed by atoms with Gasteiger partial charge in [-0.05, 0) is 55.5 Å². The second kappa shape index (κ2) is 8.23. The fraction of sp³-hybridized carbons (Fsp3) is 0.400. The maximum Gasteiger partial charge on any atom is 0.255 e. The standard InChI is InChI=1S/C20H25N3O2/c1-14(22-19(13-25-2)16-3-4-16)15-5-7-18(8-6-15)23-20(24)17-9-11-21-12-10-17/h5-12,14,16,19,22H,3-4,13H2,1-2H3,(H,23,24). The number of pyridine rings is 1. The van der Waals surface area contributed by atoms with E-state index in [0.29, 0.717) is 11.6 Å². The van der Waals surface area contributed by atoms with Gasteiger partial charge in [-0.1, -0.05) is 12.1 Å². The molecule has 1 aliphatic carbocycles. The number of anilines is 1. The maximum atomic E-state index is 12.2. The summed E-state index contributed by atoms with van der Waals surface area (Å²) in [6.45, 7) is 2.91. The van der Waals surface area contributed by atoms with E-state index < -0.39 is 0 Å². The van der Waals surface area contributed by atoms with Gasteiger partial charge in [-0.3, -0.25) is 9.78 Å². The molecule has 2 aromatic rings. The molecule has 0 radical (unpaired) electrons. The summed E-state index contributed by atoms with van der Waals surface area (Å²) < 4.78 is 5.33. The Hall–Kier alpha value is -2.24. The average Bonchev–Trinajstić information content (AvgIpc) is 3.48. The van der Waals surface area contributed by atoms with Crippen LogP contribution in [0.4, 0.5) is 5.69 Å².